The van der Waals surface area contributed by atoms with Crippen LogP contribution in [0, 0.1) is 0 Å². The number of carbonyl (C=O) groups excluding carboxylic acids is 2. The minimum absolute atomic E-state index is 0.138. The standard InChI is InChI=1S/C23H17BrO4/c1-27-20-7-4-6-18(15-20)23(26)28-22-8-3-2-5-17(22)11-14-21(25)16-9-12-19(24)13-10-16/h2-15H,1H3. The molecule has 0 atom stereocenters. The molecule has 3 aromatic rings. The van der Waals surface area contributed by atoms with Gasteiger partial charge >= 0.3 is 5.97 Å². The Morgan fingerprint density at radius 3 is 2.39 bits per heavy atom. The summed E-state index contributed by atoms with van der Waals surface area (Å²) in [6.07, 6.45) is 3.10. The molecule has 0 aliphatic carbocycles. The lowest BCUT2D eigenvalue weighted by atomic mass is 10.1. The fourth-order valence-electron chi connectivity index (χ4n) is 2.50. The van der Waals surface area contributed by atoms with Crippen molar-refractivity contribution in [2.24, 2.45) is 0 Å². The maximum Gasteiger partial charge on any atom is 0.343 e. The second-order valence-corrected chi connectivity index (χ2v) is 6.78. The third-order valence-corrected chi connectivity index (χ3v) is 4.50. The average Bonchev–Trinajstić information content (AvgIpc) is 2.73. The van der Waals surface area contributed by atoms with Crippen LogP contribution >= 0.6 is 15.9 Å². The molecule has 0 saturated carbocycles. The zero-order valence-electron chi connectivity index (χ0n) is 15.1. The fraction of sp³-hybridized carbons (Fsp3) is 0.0435. The van der Waals surface area contributed by atoms with Crippen molar-refractivity contribution in [3.63, 3.8) is 0 Å². The van der Waals surface area contributed by atoms with Gasteiger partial charge in [-0.15, -0.1) is 0 Å². The Labute approximate surface area is 171 Å². The van der Waals surface area contributed by atoms with E-state index in [1.807, 2.05) is 18.2 Å². The fourth-order valence-corrected chi connectivity index (χ4v) is 2.76. The molecule has 0 bridgehead atoms. The number of methoxy groups -OCH3 is 1. The summed E-state index contributed by atoms with van der Waals surface area (Å²) in [6, 6.07) is 20.9. The maximum absolute atomic E-state index is 12.5. The summed E-state index contributed by atoms with van der Waals surface area (Å²) in [5.74, 6) is 0.304. The number of hydrogen-bond acceptors (Lipinski definition) is 4. The van der Waals surface area contributed by atoms with Crippen molar-refractivity contribution in [3.8, 4) is 11.5 Å². The van der Waals surface area contributed by atoms with Gasteiger partial charge in [0.25, 0.3) is 0 Å². The molecule has 5 heteroatoms. The van der Waals surface area contributed by atoms with E-state index in [0.717, 1.165) is 4.47 Å². The van der Waals surface area contributed by atoms with Crippen LogP contribution in [0.3, 0.4) is 0 Å². The van der Waals surface area contributed by atoms with Gasteiger partial charge in [-0.1, -0.05) is 40.2 Å². The number of carbonyl (C=O) groups is 2. The summed E-state index contributed by atoms with van der Waals surface area (Å²) in [4.78, 5) is 24.8. The summed E-state index contributed by atoms with van der Waals surface area (Å²) in [5.41, 5.74) is 1.58. The Hall–Kier alpha value is -3.18. The van der Waals surface area contributed by atoms with Crippen molar-refractivity contribution in [3.05, 3.63) is 100 Å². The zero-order valence-corrected chi connectivity index (χ0v) is 16.7. The van der Waals surface area contributed by atoms with Crippen molar-refractivity contribution in [2.45, 2.75) is 0 Å². The van der Waals surface area contributed by atoms with Crippen molar-refractivity contribution < 1.29 is 19.1 Å². The first-order valence-electron chi connectivity index (χ1n) is 8.50. The van der Waals surface area contributed by atoms with Gasteiger partial charge in [0.15, 0.2) is 5.78 Å². The third kappa shape index (κ3) is 4.96. The molecule has 0 aliphatic rings. The van der Waals surface area contributed by atoms with Crippen molar-refractivity contribution >= 4 is 33.8 Å². The molecule has 140 valence electrons. The zero-order chi connectivity index (χ0) is 19.9. The van der Waals surface area contributed by atoms with Crippen LogP contribution in [0.2, 0.25) is 0 Å². The predicted molar refractivity (Wildman–Crippen MR) is 112 cm³/mol. The summed E-state index contributed by atoms with van der Waals surface area (Å²) < 4.78 is 11.6. The molecule has 3 aromatic carbocycles. The van der Waals surface area contributed by atoms with E-state index < -0.39 is 5.97 Å². The highest BCUT2D eigenvalue weighted by atomic mass is 79.9. The first-order valence-corrected chi connectivity index (χ1v) is 9.29. The molecule has 0 amide bonds. The third-order valence-electron chi connectivity index (χ3n) is 3.97. The van der Waals surface area contributed by atoms with E-state index in [4.69, 9.17) is 9.47 Å². The van der Waals surface area contributed by atoms with E-state index in [0.29, 0.717) is 28.2 Å². The van der Waals surface area contributed by atoms with Crippen LogP contribution in [0.4, 0.5) is 0 Å². The monoisotopic (exact) mass is 436 g/mol. The molecule has 0 aliphatic heterocycles. The van der Waals surface area contributed by atoms with E-state index in [1.165, 1.54) is 13.2 Å². The van der Waals surface area contributed by atoms with Crippen molar-refractivity contribution in [2.75, 3.05) is 7.11 Å². The van der Waals surface area contributed by atoms with Gasteiger partial charge in [0.05, 0.1) is 12.7 Å². The van der Waals surface area contributed by atoms with E-state index in [2.05, 4.69) is 15.9 Å². The van der Waals surface area contributed by atoms with Gasteiger partial charge in [-0.3, -0.25) is 4.79 Å². The lowest BCUT2D eigenvalue weighted by molar-refractivity contribution is 0.0734. The highest BCUT2D eigenvalue weighted by Gasteiger charge is 2.12. The number of rotatable bonds is 6. The van der Waals surface area contributed by atoms with Gasteiger partial charge < -0.3 is 9.47 Å². The largest absolute Gasteiger partial charge is 0.497 e. The Kier molecular flexibility index (Phi) is 6.40. The molecule has 4 nitrogen and oxygen atoms in total. The summed E-state index contributed by atoms with van der Waals surface area (Å²) >= 11 is 3.35. The molecule has 0 N–H and O–H groups in total. The van der Waals surface area contributed by atoms with Crippen molar-refractivity contribution in [1.29, 1.82) is 0 Å². The van der Waals surface area contributed by atoms with Crippen LogP contribution in [-0.4, -0.2) is 18.9 Å². The number of ketones is 1. The molecular weight excluding hydrogens is 420 g/mol. The van der Waals surface area contributed by atoms with Crippen molar-refractivity contribution in [1.82, 2.24) is 0 Å². The average molecular weight is 437 g/mol. The van der Waals surface area contributed by atoms with Crippen LogP contribution in [0.15, 0.2) is 83.3 Å². The number of benzene rings is 3. The first kappa shape index (κ1) is 19.6. The van der Waals surface area contributed by atoms with Gasteiger partial charge in [-0.05, 0) is 60.7 Å². The first-order chi connectivity index (χ1) is 13.6. The summed E-state index contributed by atoms with van der Waals surface area (Å²) in [6.45, 7) is 0. The number of halogens is 1. The predicted octanol–water partition coefficient (Wildman–Crippen LogP) is 5.57. The molecule has 0 fully saturated rings. The van der Waals surface area contributed by atoms with E-state index >= 15 is 0 Å². The van der Waals surface area contributed by atoms with Crippen LogP contribution in [-0.2, 0) is 0 Å². The Morgan fingerprint density at radius 1 is 0.893 bits per heavy atom. The SMILES string of the molecule is COc1cccc(C(=O)Oc2ccccc2C=CC(=O)c2ccc(Br)cc2)c1. The van der Waals surface area contributed by atoms with Gasteiger partial charge in [-0.2, -0.15) is 0 Å². The van der Waals surface area contributed by atoms with Crippen LogP contribution < -0.4 is 9.47 Å². The highest BCUT2D eigenvalue weighted by molar-refractivity contribution is 9.10. The minimum atomic E-state index is -0.501. The number of hydrogen-bond donors (Lipinski definition) is 0. The van der Waals surface area contributed by atoms with E-state index in [-0.39, 0.29) is 5.78 Å². The molecule has 0 aromatic heterocycles. The van der Waals surface area contributed by atoms with Crippen LogP contribution in [0.5, 0.6) is 11.5 Å². The lowest BCUT2D eigenvalue weighted by Gasteiger charge is -2.08. The van der Waals surface area contributed by atoms with Gasteiger partial charge in [0.2, 0.25) is 0 Å². The number of para-hydroxylation sites is 1. The van der Waals surface area contributed by atoms with Gasteiger partial charge in [0, 0.05) is 15.6 Å². The molecule has 0 saturated heterocycles. The Bertz CT molecular complexity index is 1020. The quantitative estimate of drug-likeness (QED) is 0.219. The smallest absolute Gasteiger partial charge is 0.343 e. The second-order valence-electron chi connectivity index (χ2n) is 5.86. The minimum Gasteiger partial charge on any atom is -0.497 e. The summed E-state index contributed by atoms with van der Waals surface area (Å²) in [7, 11) is 1.53. The number of allylic oxidation sites excluding steroid dienone is 1. The molecule has 0 heterocycles. The van der Waals surface area contributed by atoms with Crippen LogP contribution in [0.25, 0.3) is 6.08 Å². The molecule has 3 rings (SSSR count). The molecule has 0 spiro atoms. The molecule has 28 heavy (non-hydrogen) atoms. The Balaban J connectivity index is 1.78. The summed E-state index contributed by atoms with van der Waals surface area (Å²) in [5, 5.41) is 0. The highest BCUT2D eigenvalue weighted by Crippen LogP contribution is 2.22. The van der Waals surface area contributed by atoms with Crippen LogP contribution in [0.1, 0.15) is 26.3 Å². The number of ether oxygens (including phenoxy) is 2. The lowest BCUT2D eigenvalue weighted by Crippen LogP contribution is -2.09. The number of esters is 1. The molecular formula is C23H17BrO4. The van der Waals surface area contributed by atoms with Gasteiger partial charge in [0.1, 0.15) is 11.5 Å². The maximum atomic E-state index is 12.5. The van der Waals surface area contributed by atoms with E-state index in [1.54, 1.807) is 60.7 Å². The molecule has 0 unspecified atom stereocenters. The normalized spacial score (nSPS) is 10.6. The second kappa shape index (κ2) is 9.15. The van der Waals surface area contributed by atoms with E-state index in [9.17, 15) is 9.59 Å². The van der Waals surface area contributed by atoms with Gasteiger partial charge in [-0.25, -0.2) is 4.79 Å². The molecule has 0 radical (unpaired) electrons. The Morgan fingerprint density at radius 2 is 1.64 bits per heavy atom. The topological polar surface area (TPSA) is 52.6 Å².